The lowest BCUT2D eigenvalue weighted by molar-refractivity contribution is -0.207. The van der Waals surface area contributed by atoms with Crippen molar-refractivity contribution in [2.75, 3.05) is 13.7 Å². The first-order valence-corrected chi connectivity index (χ1v) is 10.7. The fourth-order valence-electron chi connectivity index (χ4n) is 3.89. The molecule has 26 heavy (non-hydrogen) atoms. The Kier molecular flexibility index (Phi) is 12.0. The van der Waals surface area contributed by atoms with Gasteiger partial charge in [-0.25, -0.2) is 0 Å². The molecule has 4 atom stereocenters. The molecule has 2 N–H and O–H groups in total. The lowest BCUT2D eigenvalue weighted by Crippen LogP contribution is -2.51. The highest BCUT2D eigenvalue weighted by Crippen LogP contribution is 2.39. The molecule has 0 unspecified atom stereocenters. The van der Waals surface area contributed by atoms with Crippen molar-refractivity contribution in [1.29, 1.82) is 0 Å². The Bertz CT molecular complexity index is 339. The summed E-state index contributed by atoms with van der Waals surface area (Å²) in [7, 11) is 1.50. The fraction of sp³-hybridized carbons (Fsp3) is 1.00. The summed E-state index contributed by atoms with van der Waals surface area (Å²) in [5.74, 6) is 0. The Balaban J connectivity index is 2.95. The largest absolute Gasteiger partial charge is 0.387 e. The van der Waals surface area contributed by atoms with Gasteiger partial charge in [0.2, 0.25) is 0 Å². The zero-order valence-corrected chi connectivity index (χ0v) is 17.4. The van der Waals surface area contributed by atoms with Crippen LogP contribution in [0.15, 0.2) is 0 Å². The van der Waals surface area contributed by atoms with Crippen LogP contribution in [0.4, 0.5) is 0 Å². The first-order chi connectivity index (χ1) is 12.6. The summed E-state index contributed by atoms with van der Waals surface area (Å²) in [4.78, 5) is 0. The molecular weight excluding hydrogens is 332 g/mol. The zero-order chi connectivity index (χ0) is 19.4. The minimum Gasteiger partial charge on any atom is -0.387 e. The van der Waals surface area contributed by atoms with Gasteiger partial charge in [0.1, 0.15) is 18.3 Å². The highest BCUT2D eigenvalue weighted by atomic mass is 16.7. The lowest BCUT2D eigenvalue weighted by Gasteiger charge is -2.40. The van der Waals surface area contributed by atoms with Crippen LogP contribution in [0, 0.1) is 0 Å². The number of unbranched alkanes of at least 4 members (excludes halogenated alkanes) is 6. The Morgan fingerprint density at radius 2 is 1.35 bits per heavy atom. The molecule has 0 bridgehead atoms. The van der Waals surface area contributed by atoms with Crippen LogP contribution in [0.3, 0.4) is 0 Å². The predicted octanol–water partition coefficient (Wildman–Crippen LogP) is 4.19. The Labute approximate surface area is 160 Å². The molecule has 5 nitrogen and oxygen atoms in total. The molecule has 0 amide bonds. The summed E-state index contributed by atoms with van der Waals surface area (Å²) in [6.45, 7) is 7.23. The number of methoxy groups -OCH3 is 1. The van der Waals surface area contributed by atoms with E-state index in [4.69, 9.17) is 14.2 Å². The number of aliphatic hydroxyl groups is 2. The van der Waals surface area contributed by atoms with Gasteiger partial charge >= 0.3 is 0 Å². The molecule has 1 aliphatic heterocycles. The van der Waals surface area contributed by atoms with Gasteiger partial charge in [0.15, 0.2) is 6.29 Å². The van der Waals surface area contributed by atoms with Crippen molar-refractivity contribution >= 4 is 0 Å². The number of hydrogen-bond donors (Lipinski definition) is 2. The van der Waals surface area contributed by atoms with E-state index in [1.165, 1.54) is 7.11 Å². The van der Waals surface area contributed by atoms with Crippen molar-refractivity contribution in [3.05, 3.63) is 0 Å². The molecule has 0 aromatic heterocycles. The maximum absolute atomic E-state index is 10.7. The number of hydrogen-bond acceptors (Lipinski definition) is 5. The molecule has 0 aromatic rings. The average molecular weight is 375 g/mol. The second kappa shape index (κ2) is 13.1. The van der Waals surface area contributed by atoms with E-state index < -0.39 is 30.2 Å². The van der Waals surface area contributed by atoms with E-state index in [1.54, 1.807) is 0 Å². The maximum atomic E-state index is 10.7. The van der Waals surface area contributed by atoms with E-state index in [0.717, 1.165) is 70.6 Å². The summed E-state index contributed by atoms with van der Waals surface area (Å²) in [6.07, 6.45) is 8.28. The van der Waals surface area contributed by atoms with Crippen molar-refractivity contribution < 1.29 is 24.4 Å². The summed E-state index contributed by atoms with van der Waals surface area (Å²) >= 11 is 0. The topological polar surface area (TPSA) is 68.2 Å². The second-order valence-electron chi connectivity index (χ2n) is 7.68. The monoisotopic (exact) mass is 374 g/mol. The molecule has 1 aliphatic rings. The summed E-state index contributed by atoms with van der Waals surface area (Å²) in [5.41, 5.74) is -0.550. The second-order valence-corrected chi connectivity index (χ2v) is 7.68. The van der Waals surface area contributed by atoms with Gasteiger partial charge in [-0.3, -0.25) is 0 Å². The quantitative estimate of drug-likeness (QED) is 0.421. The molecular formula is C21H42O5. The van der Waals surface area contributed by atoms with Gasteiger partial charge < -0.3 is 24.4 Å². The third-order valence-corrected chi connectivity index (χ3v) is 5.51. The molecule has 5 heteroatoms. The molecule has 1 heterocycles. The normalized spacial score (nSPS) is 26.5. The van der Waals surface area contributed by atoms with Crippen LogP contribution in [0.25, 0.3) is 0 Å². The maximum Gasteiger partial charge on any atom is 0.186 e. The van der Waals surface area contributed by atoms with Gasteiger partial charge in [0, 0.05) is 13.7 Å². The van der Waals surface area contributed by atoms with E-state index in [9.17, 15) is 10.2 Å². The molecule has 0 saturated carbocycles. The fourth-order valence-corrected chi connectivity index (χ4v) is 3.89. The van der Waals surface area contributed by atoms with Crippen LogP contribution < -0.4 is 0 Å². The highest BCUT2D eigenvalue weighted by Gasteiger charge is 2.53. The smallest absolute Gasteiger partial charge is 0.186 e. The molecule has 0 radical (unpaired) electrons. The molecule has 1 saturated heterocycles. The lowest BCUT2D eigenvalue weighted by atomic mass is 9.82. The van der Waals surface area contributed by atoms with Gasteiger partial charge in [-0.15, -0.1) is 0 Å². The van der Waals surface area contributed by atoms with E-state index in [1.807, 2.05) is 0 Å². The Hall–Kier alpha value is -0.200. The predicted molar refractivity (Wildman–Crippen MR) is 104 cm³/mol. The van der Waals surface area contributed by atoms with Crippen LogP contribution in [0.1, 0.15) is 91.4 Å². The van der Waals surface area contributed by atoms with E-state index in [2.05, 4.69) is 20.8 Å². The molecule has 1 rings (SSSR count). The molecule has 0 spiro atoms. The summed E-state index contributed by atoms with van der Waals surface area (Å²) < 4.78 is 17.7. The standard InChI is InChI=1S/C21H42O5/c1-5-8-11-14-21(15-12-9-6-2,25-16-13-10-7-3)19-17(22)18(23)20(24-4)26-19/h17-20,22-23H,5-16H2,1-4H3/t17-,18+,19-,20-/m0/s1. The van der Waals surface area contributed by atoms with Gasteiger partial charge in [0.05, 0.1) is 5.60 Å². The number of rotatable bonds is 15. The van der Waals surface area contributed by atoms with E-state index in [-0.39, 0.29) is 0 Å². The third-order valence-electron chi connectivity index (χ3n) is 5.51. The number of ether oxygens (including phenoxy) is 3. The third kappa shape index (κ3) is 6.75. The Morgan fingerprint density at radius 3 is 1.81 bits per heavy atom. The van der Waals surface area contributed by atoms with E-state index in [0.29, 0.717) is 6.61 Å². The average Bonchev–Trinajstić information content (AvgIpc) is 2.94. The molecule has 0 aromatic carbocycles. The van der Waals surface area contributed by atoms with Crippen molar-refractivity contribution in [2.45, 2.75) is 122 Å². The van der Waals surface area contributed by atoms with Crippen molar-refractivity contribution in [3.8, 4) is 0 Å². The number of aliphatic hydroxyl groups excluding tert-OH is 2. The van der Waals surface area contributed by atoms with E-state index >= 15 is 0 Å². The van der Waals surface area contributed by atoms with Crippen LogP contribution in [0.5, 0.6) is 0 Å². The highest BCUT2D eigenvalue weighted by molar-refractivity contribution is 5.00. The SMILES string of the molecule is CCCCCOC(CCCCC)(CCCCC)[C@H]1O[C@H](OC)[C@H](O)[C@@H]1O. The van der Waals surface area contributed by atoms with Gasteiger partial charge in [-0.05, 0) is 19.3 Å². The zero-order valence-electron chi connectivity index (χ0n) is 17.4. The molecule has 156 valence electrons. The minimum absolute atomic E-state index is 0.544. The molecule has 0 aliphatic carbocycles. The van der Waals surface area contributed by atoms with Gasteiger partial charge in [-0.2, -0.15) is 0 Å². The van der Waals surface area contributed by atoms with Gasteiger partial charge in [-0.1, -0.05) is 72.1 Å². The van der Waals surface area contributed by atoms with Crippen LogP contribution in [-0.4, -0.2) is 54.1 Å². The minimum atomic E-state index is -1.03. The summed E-state index contributed by atoms with van der Waals surface area (Å²) in [5, 5.41) is 21.0. The first kappa shape index (κ1) is 23.8. The summed E-state index contributed by atoms with van der Waals surface area (Å²) in [6, 6.07) is 0. The van der Waals surface area contributed by atoms with Crippen molar-refractivity contribution in [1.82, 2.24) is 0 Å². The van der Waals surface area contributed by atoms with Crippen molar-refractivity contribution in [3.63, 3.8) is 0 Å². The van der Waals surface area contributed by atoms with Gasteiger partial charge in [0.25, 0.3) is 0 Å². The van der Waals surface area contributed by atoms with Crippen LogP contribution >= 0.6 is 0 Å². The first-order valence-electron chi connectivity index (χ1n) is 10.7. The van der Waals surface area contributed by atoms with Crippen LogP contribution in [0.2, 0.25) is 0 Å². The Morgan fingerprint density at radius 1 is 0.808 bits per heavy atom. The molecule has 1 fully saturated rings. The van der Waals surface area contributed by atoms with Crippen LogP contribution in [-0.2, 0) is 14.2 Å². The van der Waals surface area contributed by atoms with Crippen molar-refractivity contribution in [2.24, 2.45) is 0 Å².